The summed E-state index contributed by atoms with van der Waals surface area (Å²) >= 11 is 1.37. The molecule has 2 aromatic rings. The minimum atomic E-state index is -0.310. The number of nitrogens with one attached hydrogen (secondary N) is 1. The fourth-order valence-electron chi connectivity index (χ4n) is 4.76. The van der Waals surface area contributed by atoms with Crippen molar-refractivity contribution in [3.63, 3.8) is 0 Å². The predicted octanol–water partition coefficient (Wildman–Crippen LogP) is 3.22. The average molecular weight is 478 g/mol. The maximum atomic E-state index is 12.6. The molecule has 0 amide bonds. The van der Waals surface area contributed by atoms with E-state index in [9.17, 15) is 4.79 Å². The Morgan fingerprint density at radius 2 is 1.67 bits per heavy atom. The van der Waals surface area contributed by atoms with E-state index >= 15 is 0 Å². The van der Waals surface area contributed by atoms with E-state index in [2.05, 4.69) is 43.0 Å². The van der Waals surface area contributed by atoms with Crippen LogP contribution in [-0.2, 0) is 20.8 Å². The maximum absolute atomic E-state index is 12.6. The lowest BCUT2D eigenvalue weighted by Crippen LogP contribution is -2.48. The van der Waals surface area contributed by atoms with Crippen LogP contribution in [0.1, 0.15) is 55.7 Å². The lowest BCUT2D eigenvalue weighted by atomic mass is 10.2. The Kier molecular flexibility index (Phi) is 7.49. The van der Waals surface area contributed by atoms with Crippen molar-refractivity contribution in [3.05, 3.63) is 16.3 Å². The van der Waals surface area contributed by atoms with Gasteiger partial charge in [-0.3, -0.25) is 4.90 Å². The van der Waals surface area contributed by atoms with Crippen molar-refractivity contribution >= 4 is 33.3 Å². The van der Waals surface area contributed by atoms with Crippen molar-refractivity contribution in [2.24, 2.45) is 0 Å². The highest BCUT2D eigenvalue weighted by Gasteiger charge is 2.27. The minimum absolute atomic E-state index is 0.119. The van der Waals surface area contributed by atoms with Crippen LogP contribution >= 0.6 is 11.3 Å². The summed E-state index contributed by atoms with van der Waals surface area (Å²) in [5.74, 6) is 1.15. The quantitative estimate of drug-likeness (QED) is 0.630. The first-order valence-corrected chi connectivity index (χ1v) is 12.6. The molecule has 4 rings (SSSR count). The van der Waals surface area contributed by atoms with Gasteiger partial charge in [-0.25, -0.2) is 19.8 Å². The number of hydrazine groups is 1. The average Bonchev–Trinajstić information content (AvgIpc) is 3.03. The Balaban J connectivity index is 1.69. The highest BCUT2D eigenvalue weighted by atomic mass is 32.1. The Morgan fingerprint density at radius 3 is 2.27 bits per heavy atom. The molecular formula is C23H35N5O4S. The maximum Gasteiger partial charge on any atom is 0.348 e. The topological polar surface area (TPSA) is 89.0 Å². The smallest absolute Gasteiger partial charge is 0.348 e. The van der Waals surface area contributed by atoms with E-state index in [1.807, 2.05) is 13.8 Å². The molecule has 0 spiro atoms. The Bertz CT molecular complexity index is 979. The Morgan fingerprint density at radius 1 is 1.06 bits per heavy atom. The fourth-order valence-corrected chi connectivity index (χ4v) is 5.85. The number of ether oxygens (including phenoxy) is 3. The van der Waals surface area contributed by atoms with Crippen LogP contribution in [0.5, 0.6) is 0 Å². The molecule has 4 atom stereocenters. The number of nitrogens with zero attached hydrogens (tertiary/aromatic N) is 4. The SMILES string of the molecule is CCOC(=O)c1sc2nc(CN3CC(C)OC(C)C3)nc(NN3CC(C)OC(C)C3)c2c1C. The van der Waals surface area contributed by atoms with Gasteiger partial charge < -0.3 is 19.6 Å². The number of hydrogen-bond donors (Lipinski definition) is 1. The second-order valence-electron chi connectivity index (χ2n) is 9.17. The Labute approximate surface area is 199 Å². The number of rotatable bonds is 6. The van der Waals surface area contributed by atoms with Crippen LogP contribution < -0.4 is 5.43 Å². The predicted molar refractivity (Wildman–Crippen MR) is 129 cm³/mol. The summed E-state index contributed by atoms with van der Waals surface area (Å²) in [6, 6.07) is 0. The van der Waals surface area contributed by atoms with Crippen LogP contribution in [0.25, 0.3) is 10.2 Å². The van der Waals surface area contributed by atoms with Gasteiger partial charge in [-0.2, -0.15) is 0 Å². The van der Waals surface area contributed by atoms with Crippen molar-refractivity contribution < 1.29 is 19.0 Å². The normalized spacial score (nSPS) is 27.1. The molecule has 2 fully saturated rings. The van der Waals surface area contributed by atoms with Gasteiger partial charge in [0.15, 0.2) is 5.82 Å². The van der Waals surface area contributed by atoms with Gasteiger partial charge in [0.25, 0.3) is 0 Å². The summed E-state index contributed by atoms with van der Waals surface area (Å²) < 4.78 is 17.0. The Hall–Kier alpha value is -1.85. The number of hydrogen-bond acceptors (Lipinski definition) is 10. The van der Waals surface area contributed by atoms with Crippen molar-refractivity contribution in [2.45, 2.75) is 72.5 Å². The van der Waals surface area contributed by atoms with Crippen LogP contribution in [0.4, 0.5) is 5.82 Å². The largest absolute Gasteiger partial charge is 0.462 e. The molecule has 2 aliphatic heterocycles. The molecule has 9 nitrogen and oxygen atoms in total. The second kappa shape index (κ2) is 10.2. The molecule has 0 saturated carbocycles. The molecule has 1 N–H and O–H groups in total. The molecule has 2 saturated heterocycles. The third-order valence-electron chi connectivity index (χ3n) is 5.84. The lowest BCUT2D eigenvalue weighted by molar-refractivity contribution is -0.0710. The van der Waals surface area contributed by atoms with E-state index in [0.717, 1.165) is 53.6 Å². The summed E-state index contributed by atoms with van der Waals surface area (Å²) in [4.78, 5) is 26.1. The van der Waals surface area contributed by atoms with Crippen molar-refractivity contribution in [1.82, 2.24) is 19.9 Å². The van der Waals surface area contributed by atoms with E-state index < -0.39 is 0 Å². The fraction of sp³-hybridized carbons (Fsp3) is 0.696. The first-order chi connectivity index (χ1) is 15.7. The van der Waals surface area contributed by atoms with Gasteiger partial charge in [0.05, 0.1) is 43.0 Å². The molecule has 4 heterocycles. The van der Waals surface area contributed by atoms with Crippen molar-refractivity contribution in [2.75, 3.05) is 38.2 Å². The van der Waals surface area contributed by atoms with E-state index in [1.54, 1.807) is 0 Å². The van der Waals surface area contributed by atoms with Gasteiger partial charge >= 0.3 is 5.97 Å². The van der Waals surface area contributed by atoms with Gasteiger partial charge in [-0.05, 0) is 47.1 Å². The number of carbonyl (C=O) groups is 1. The molecule has 10 heteroatoms. The summed E-state index contributed by atoms with van der Waals surface area (Å²) in [7, 11) is 0. The number of anilines is 1. The first kappa shape index (κ1) is 24.3. The summed E-state index contributed by atoms with van der Waals surface area (Å²) in [6.45, 7) is 16.2. The van der Waals surface area contributed by atoms with Crippen LogP contribution in [0, 0.1) is 6.92 Å². The number of morpholine rings is 2. The molecule has 0 radical (unpaired) electrons. The van der Waals surface area contributed by atoms with Gasteiger partial charge in [0, 0.05) is 26.2 Å². The van der Waals surface area contributed by atoms with Crippen LogP contribution in [0.2, 0.25) is 0 Å². The number of carbonyl (C=O) groups excluding carboxylic acids is 1. The molecule has 4 unspecified atom stereocenters. The zero-order valence-electron chi connectivity index (χ0n) is 20.4. The number of fused-ring (bicyclic) bond motifs is 1. The van der Waals surface area contributed by atoms with E-state index in [4.69, 9.17) is 24.2 Å². The lowest BCUT2D eigenvalue weighted by Gasteiger charge is -2.36. The van der Waals surface area contributed by atoms with Crippen molar-refractivity contribution in [3.8, 4) is 0 Å². The van der Waals surface area contributed by atoms with Gasteiger partial charge in [-0.1, -0.05) is 0 Å². The molecule has 0 aromatic carbocycles. The van der Waals surface area contributed by atoms with Crippen LogP contribution in [0.3, 0.4) is 0 Å². The summed E-state index contributed by atoms with van der Waals surface area (Å²) in [5, 5.41) is 3.02. The molecule has 0 aliphatic carbocycles. The minimum Gasteiger partial charge on any atom is -0.462 e. The molecule has 0 bridgehead atoms. The van der Waals surface area contributed by atoms with Gasteiger partial charge in [-0.15, -0.1) is 11.3 Å². The van der Waals surface area contributed by atoms with Crippen LogP contribution in [0.15, 0.2) is 0 Å². The van der Waals surface area contributed by atoms with E-state index in [0.29, 0.717) is 18.0 Å². The van der Waals surface area contributed by atoms with Gasteiger partial charge in [0.1, 0.15) is 15.5 Å². The standard InChI is InChI=1S/C23H35N5O4S/c1-7-30-23(29)20-17(6)19-21(26-28-10-15(4)32-16(5)11-28)24-18(25-22(19)33-20)12-27-8-13(2)31-14(3)9-27/h13-16H,7-12H2,1-6H3,(H,24,25,26). The highest BCUT2D eigenvalue weighted by Crippen LogP contribution is 2.35. The third-order valence-corrected chi connectivity index (χ3v) is 7.01. The molecule has 2 aromatic heterocycles. The van der Waals surface area contributed by atoms with E-state index in [-0.39, 0.29) is 30.4 Å². The first-order valence-electron chi connectivity index (χ1n) is 11.8. The summed E-state index contributed by atoms with van der Waals surface area (Å²) in [5.41, 5.74) is 4.37. The van der Waals surface area contributed by atoms with Crippen LogP contribution in [-0.4, -0.2) is 83.0 Å². The number of thiophene rings is 1. The molecular weight excluding hydrogens is 442 g/mol. The van der Waals surface area contributed by atoms with Gasteiger partial charge in [0.2, 0.25) is 0 Å². The number of aromatic nitrogens is 2. The highest BCUT2D eigenvalue weighted by molar-refractivity contribution is 7.20. The summed E-state index contributed by atoms with van der Waals surface area (Å²) in [6.07, 6.45) is 0.581. The molecule has 182 valence electrons. The molecule has 33 heavy (non-hydrogen) atoms. The number of aryl methyl sites for hydroxylation is 1. The zero-order valence-corrected chi connectivity index (χ0v) is 21.2. The zero-order chi connectivity index (χ0) is 23.7. The van der Waals surface area contributed by atoms with Crippen molar-refractivity contribution in [1.29, 1.82) is 0 Å². The van der Waals surface area contributed by atoms with E-state index in [1.165, 1.54) is 11.3 Å². The second-order valence-corrected chi connectivity index (χ2v) is 10.2. The molecule has 2 aliphatic rings. The number of esters is 1. The third kappa shape index (κ3) is 5.63. The monoisotopic (exact) mass is 477 g/mol.